The molecule has 1 aromatic carbocycles. The number of amides is 1. The van der Waals surface area contributed by atoms with Crippen LogP contribution in [0.2, 0.25) is 0 Å². The molecule has 3 nitrogen and oxygen atoms in total. The zero-order valence-corrected chi connectivity index (χ0v) is 13.3. The maximum Gasteiger partial charge on any atom is 0.246 e. The number of hydrogen-bond donors (Lipinski definition) is 1. The van der Waals surface area contributed by atoms with E-state index in [9.17, 15) is 9.18 Å². The summed E-state index contributed by atoms with van der Waals surface area (Å²) in [5.41, 5.74) is 1.15. The predicted octanol–water partition coefficient (Wildman–Crippen LogP) is 2.86. The van der Waals surface area contributed by atoms with Crippen LogP contribution in [0.3, 0.4) is 0 Å². The van der Waals surface area contributed by atoms with E-state index < -0.39 is 0 Å². The number of nitrogens with zero attached hydrogens (tertiary/aromatic N) is 1. The van der Waals surface area contributed by atoms with Gasteiger partial charge in [0, 0.05) is 24.7 Å². The van der Waals surface area contributed by atoms with Crippen molar-refractivity contribution in [3.8, 4) is 0 Å². The van der Waals surface area contributed by atoms with Gasteiger partial charge in [0.2, 0.25) is 5.91 Å². The number of carbonyl (C=O) groups excluding carboxylic acids is 1. The number of benzene rings is 1. The minimum absolute atomic E-state index is 0. The number of hydrogen-bond acceptors (Lipinski definition) is 2. The number of piperidine rings is 1. The molecule has 1 fully saturated rings. The van der Waals surface area contributed by atoms with Gasteiger partial charge in [-0.3, -0.25) is 4.79 Å². The highest BCUT2D eigenvalue weighted by atomic mass is 35.5. The number of nitrogens with one attached hydrogen (secondary N) is 1. The van der Waals surface area contributed by atoms with Crippen molar-refractivity contribution in [2.75, 3.05) is 20.1 Å². The highest BCUT2D eigenvalue weighted by Crippen LogP contribution is 2.18. The van der Waals surface area contributed by atoms with Crippen molar-refractivity contribution in [3.05, 3.63) is 41.7 Å². The van der Waals surface area contributed by atoms with Crippen LogP contribution in [0.25, 0.3) is 5.57 Å². The first-order chi connectivity index (χ1) is 9.59. The Morgan fingerprint density at radius 3 is 2.57 bits per heavy atom. The molecule has 21 heavy (non-hydrogen) atoms. The molecule has 1 aliphatic rings. The van der Waals surface area contributed by atoms with E-state index in [-0.39, 0.29) is 30.2 Å². The molecule has 0 atom stereocenters. The lowest BCUT2D eigenvalue weighted by atomic mass is 10.0. The van der Waals surface area contributed by atoms with E-state index in [0.29, 0.717) is 11.1 Å². The van der Waals surface area contributed by atoms with Crippen LogP contribution in [0.15, 0.2) is 30.3 Å². The first-order valence-corrected chi connectivity index (χ1v) is 7.00. The van der Waals surface area contributed by atoms with Gasteiger partial charge in [0.25, 0.3) is 0 Å². The second-order valence-electron chi connectivity index (χ2n) is 5.24. The van der Waals surface area contributed by atoms with Crippen molar-refractivity contribution >= 4 is 23.9 Å². The van der Waals surface area contributed by atoms with Gasteiger partial charge in [-0.2, -0.15) is 0 Å². The van der Waals surface area contributed by atoms with E-state index in [0.717, 1.165) is 25.9 Å². The summed E-state index contributed by atoms with van der Waals surface area (Å²) in [5.74, 6) is -0.351. The van der Waals surface area contributed by atoms with Crippen molar-refractivity contribution in [1.29, 1.82) is 0 Å². The standard InChI is InChI=1S/C16H21FN2O.ClH/c1-12(14-5-3-4-6-15(14)17)11-16(20)19(2)13-7-9-18-10-8-13;/h3-6,11,13,18H,7-10H2,1-2H3;1H. The fraction of sp³-hybridized carbons (Fsp3) is 0.438. The van der Waals surface area contributed by atoms with Gasteiger partial charge in [0.15, 0.2) is 0 Å². The molecule has 0 aromatic heterocycles. The molecule has 1 heterocycles. The lowest BCUT2D eigenvalue weighted by Crippen LogP contribution is -2.43. The van der Waals surface area contributed by atoms with Gasteiger partial charge in [0.1, 0.15) is 5.82 Å². The Morgan fingerprint density at radius 1 is 1.33 bits per heavy atom. The second kappa shape index (κ2) is 8.15. The average Bonchev–Trinajstić information content (AvgIpc) is 2.47. The fourth-order valence-electron chi connectivity index (χ4n) is 2.52. The Bertz CT molecular complexity index is 513. The molecule has 0 unspecified atom stereocenters. The van der Waals surface area contributed by atoms with Crippen LogP contribution in [0.5, 0.6) is 0 Å². The first-order valence-electron chi connectivity index (χ1n) is 7.00. The van der Waals surface area contributed by atoms with Crippen LogP contribution in [0.4, 0.5) is 4.39 Å². The molecule has 2 rings (SSSR count). The summed E-state index contributed by atoms with van der Waals surface area (Å²) in [6.45, 7) is 3.66. The van der Waals surface area contributed by atoms with Gasteiger partial charge in [-0.15, -0.1) is 12.4 Å². The van der Waals surface area contributed by atoms with Gasteiger partial charge in [-0.05, 0) is 44.5 Å². The van der Waals surface area contributed by atoms with Crippen LogP contribution in [0, 0.1) is 5.82 Å². The summed E-state index contributed by atoms with van der Waals surface area (Å²) >= 11 is 0. The Balaban J connectivity index is 0.00000220. The van der Waals surface area contributed by atoms with E-state index >= 15 is 0 Å². The molecule has 0 radical (unpaired) electrons. The summed E-state index contributed by atoms with van der Waals surface area (Å²) < 4.78 is 13.7. The quantitative estimate of drug-likeness (QED) is 0.871. The maximum absolute atomic E-state index is 13.7. The smallest absolute Gasteiger partial charge is 0.246 e. The SMILES string of the molecule is CC(=CC(=O)N(C)C1CCNCC1)c1ccccc1F.Cl. The van der Waals surface area contributed by atoms with Crippen LogP contribution >= 0.6 is 12.4 Å². The van der Waals surface area contributed by atoms with Crippen LogP contribution < -0.4 is 5.32 Å². The summed E-state index contributed by atoms with van der Waals surface area (Å²) in [6.07, 6.45) is 3.46. The largest absolute Gasteiger partial charge is 0.339 e. The first kappa shape index (κ1) is 17.7. The molecule has 0 saturated carbocycles. The third-order valence-corrected chi connectivity index (χ3v) is 3.84. The summed E-state index contributed by atoms with van der Waals surface area (Å²) in [4.78, 5) is 14.0. The average molecular weight is 313 g/mol. The van der Waals surface area contributed by atoms with E-state index in [2.05, 4.69) is 5.32 Å². The fourth-order valence-corrected chi connectivity index (χ4v) is 2.52. The lowest BCUT2D eigenvalue weighted by Gasteiger charge is -2.31. The number of likely N-dealkylation sites (N-methyl/N-ethyl adjacent to an activating group) is 1. The molecule has 1 N–H and O–H groups in total. The van der Waals surface area contributed by atoms with E-state index in [4.69, 9.17) is 0 Å². The molecule has 5 heteroatoms. The van der Waals surface area contributed by atoms with Gasteiger partial charge < -0.3 is 10.2 Å². The third kappa shape index (κ3) is 4.55. The normalized spacial score (nSPS) is 16.2. The number of rotatable bonds is 3. The Kier molecular flexibility index (Phi) is 6.85. The number of allylic oxidation sites excluding steroid dienone is 1. The number of halogens is 2. The van der Waals surface area contributed by atoms with Crippen LogP contribution in [-0.4, -0.2) is 37.0 Å². The molecular weight excluding hydrogens is 291 g/mol. The van der Waals surface area contributed by atoms with E-state index in [1.54, 1.807) is 30.0 Å². The Hall–Kier alpha value is -1.39. The van der Waals surface area contributed by atoms with Gasteiger partial charge in [-0.25, -0.2) is 4.39 Å². The zero-order valence-electron chi connectivity index (χ0n) is 12.4. The minimum Gasteiger partial charge on any atom is -0.339 e. The molecule has 116 valence electrons. The molecule has 1 aromatic rings. The van der Waals surface area contributed by atoms with Crippen molar-refractivity contribution in [3.63, 3.8) is 0 Å². The van der Waals surface area contributed by atoms with E-state index in [1.165, 1.54) is 12.1 Å². The summed E-state index contributed by atoms with van der Waals surface area (Å²) in [7, 11) is 1.82. The molecule has 1 amide bonds. The Morgan fingerprint density at radius 2 is 1.95 bits per heavy atom. The molecule has 0 bridgehead atoms. The van der Waals surface area contributed by atoms with Gasteiger partial charge in [0.05, 0.1) is 0 Å². The zero-order chi connectivity index (χ0) is 14.5. The summed E-state index contributed by atoms with van der Waals surface area (Å²) in [5, 5.41) is 3.28. The van der Waals surface area contributed by atoms with Crippen molar-refractivity contribution in [1.82, 2.24) is 10.2 Å². The van der Waals surface area contributed by atoms with Crippen LogP contribution in [-0.2, 0) is 4.79 Å². The number of carbonyl (C=O) groups is 1. The highest BCUT2D eigenvalue weighted by molar-refractivity contribution is 5.95. The molecule has 1 saturated heterocycles. The predicted molar refractivity (Wildman–Crippen MR) is 86.0 cm³/mol. The lowest BCUT2D eigenvalue weighted by molar-refractivity contribution is -0.127. The molecular formula is C16H22ClFN2O. The topological polar surface area (TPSA) is 32.3 Å². The van der Waals surface area contributed by atoms with E-state index in [1.807, 2.05) is 7.05 Å². The highest BCUT2D eigenvalue weighted by Gasteiger charge is 2.20. The van der Waals surface area contributed by atoms with Crippen molar-refractivity contribution < 1.29 is 9.18 Å². The van der Waals surface area contributed by atoms with Crippen molar-refractivity contribution in [2.24, 2.45) is 0 Å². The molecule has 0 spiro atoms. The second-order valence-corrected chi connectivity index (χ2v) is 5.24. The third-order valence-electron chi connectivity index (χ3n) is 3.84. The van der Waals surface area contributed by atoms with Crippen molar-refractivity contribution in [2.45, 2.75) is 25.8 Å². The maximum atomic E-state index is 13.7. The molecule has 1 aliphatic heterocycles. The van der Waals surface area contributed by atoms with Crippen LogP contribution in [0.1, 0.15) is 25.3 Å². The minimum atomic E-state index is -0.293. The monoisotopic (exact) mass is 312 g/mol. The molecule has 0 aliphatic carbocycles. The summed E-state index contributed by atoms with van der Waals surface area (Å²) in [6, 6.07) is 6.80. The Labute approximate surface area is 131 Å². The van der Waals surface area contributed by atoms with Gasteiger partial charge >= 0.3 is 0 Å². The van der Waals surface area contributed by atoms with Gasteiger partial charge in [-0.1, -0.05) is 18.2 Å².